The molecule has 150 valence electrons. The van der Waals surface area contributed by atoms with E-state index in [0.717, 1.165) is 36.3 Å². The first-order chi connectivity index (χ1) is 13.7. The lowest BCUT2D eigenvalue weighted by atomic mass is 10.1. The zero-order chi connectivity index (χ0) is 19.8. The van der Waals surface area contributed by atoms with E-state index < -0.39 is 5.97 Å². The van der Waals surface area contributed by atoms with Crippen molar-refractivity contribution in [1.29, 1.82) is 0 Å². The number of ether oxygens (including phenoxy) is 2. The highest BCUT2D eigenvalue weighted by Crippen LogP contribution is 2.30. The van der Waals surface area contributed by atoms with Gasteiger partial charge in [0.05, 0.1) is 32.1 Å². The van der Waals surface area contributed by atoms with Crippen molar-refractivity contribution in [3.63, 3.8) is 0 Å². The van der Waals surface area contributed by atoms with E-state index >= 15 is 0 Å². The number of carboxylic acids is 1. The lowest BCUT2D eigenvalue weighted by Gasteiger charge is -2.27. The number of morpholine rings is 2. The summed E-state index contributed by atoms with van der Waals surface area (Å²) in [5, 5.41) is 12.5. The summed E-state index contributed by atoms with van der Waals surface area (Å²) in [6.45, 7) is 6.46. The Balaban J connectivity index is 0.000000320. The van der Waals surface area contributed by atoms with Crippen LogP contribution in [0.15, 0.2) is 34.9 Å². The molecule has 2 saturated heterocycles. The Kier molecular flexibility index (Phi) is 7.72. The summed E-state index contributed by atoms with van der Waals surface area (Å²) in [5.74, 6) is -0.515. The number of rotatable bonds is 3. The number of aromatic carboxylic acids is 1. The third-order valence-electron chi connectivity index (χ3n) is 4.28. The van der Waals surface area contributed by atoms with Crippen LogP contribution < -0.4 is 10.2 Å². The highest BCUT2D eigenvalue weighted by Gasteiger charge is 2.20. The molecule has 9 heteroatoms. The minimum Gasteiger partial charge on any atom is -0.478 e. The topological polar surface area (TPSA) is 96.8 Å². The summed E-state index contributed by atoms with van der Waals surface area (Å²) in [7, 11) is 0. The smallest absolute Gasteiger partial charge is 0.339 e. The third kappa shape index (κ3) is 5.48. The Labute approximate surface area is 172 Å². The van der Waals surface area contributed by atoms with Crippen LogP contribution in [-0.2, 0) is 9.47 Å². The molecule has 0 unspecified atom stereocenters. The highest BCUT2D eigenvalue weighted by molar-refractivity contribution is 9.10. The first-order valence-corrected chi connectivity index (χ1v) is 9.92. The van der Waals surface area contributed by atoms with Crippen molar-refractivity contribution < 1.29 is 19.4 Å². The van der Waals surface area contributed by atoms with Crippen LogP contribution in [0.25, 0.3) is 11.3 Å². The number of carboxylic acid groups (broad SMARTS) is 1. The second-order valence-electron chi connectivity index (χ2n) is 6.18. The van der Waals surface area contributed by atoms with Gasteiger partial charge in [-0.15, -0.1) is 0 Å². The molecule has 1 aromatic carbocycles. The number of carbonyl (C=O) groups is 1. The highest BCUT2D eigenvalue weighted by atomic mass is 79.9. The molecule has 0 spiro atoms. The fourth-order valence-electron chi connectivity index (χ4n) is 2.82. The maximum absolute atomic E-state index is 11.5. The van der Waals surface area contributed by atoms with Gasteiger partial charge >= 0.3 is 5.97 Å². The molecule has 2 N–H and O–H groups in total. The van der Waals surface area contributed by atoms with Gasteiger partial charge in [0, 0.05) is 42.4 Å². The van der Waals surface area contributed by atoms with E-state index in [9.17, 15) is 9.90 Å². The monoisotopic (exact) mass is 450 g/mol. The molecule has 8 nitrogen and oxygen atoms in total. The van der Waals surface area contributed by atoms with Crippen LogP contribution in [-0.4, -0.2) is 73.7 Å². The van der Waals surface area contributed by atoms with Gasteiger partial charge in [-0.2, -0.15) is 0 Å². The molecule has 0 aliphatic carbocycles. The van der Waals surface area contributed by atoms with Crippen LogP contribution in [0.3, 0.4) is 0 Å². The van der Waals surface area contributed by atoms with Gasteiger partial charge in [0.2, 0.25) is 5.95 Å². The Bertz CT molecular complexity index is 784. The van der Waals surface area contributed by atoms with E-state index in [-0.39, 0.29) is 5.56 Å². The number of hydrogen-bond donors (Lipinski definition) is 2. The largest absolute Gasteiger partial charge is 0.478 e. The standard InChI is InChI=1S/C15H14BrN3O3.C4H9NO/c16-12-4-2-1-3-10(12)13-11(14(20)21)9-17-15(18-13)19-5-7-22-8-6-19;1-3-6-4-2-5-1/h1-4,9H,5-8H2,(H,20,21);5H,1-4H2. The number of nitrogens with zero attached hydrogens (tertiary/aromatic N) is 3. The first kappa shape index (κ1) is 20.7. The van der Waals surface area contributed by atoms with Gasteiger partial charge in [-0.25, -0.2) is 14.8 Å². The number of hydrogen-bond acceptors (Lipinski definition) is 7. The van der Waals surface area contributed by atoms with Crippen LogP contribution in [0.2, 0.25) is 0 Å². The van der Waals surface area contributed by atoms with E-state index in [1.807, 2.05) is 29.2 Å². The summed E-state index contributed by atoms with van der Waals surface area (Å²) in [5.41, 5.74) is 1.23. The van der Waals surface area contributed by atoms with Crippen molar-refractivity contribution in [2.24, 2.45) is 0 Å². The molecule has 0 bridgehead atoms. The lowest BCUT2D eigenvalue weighted by molar-refractivity contribution is 0.0696. The molecular formula is C19H23BrN4O4. The summed E-state index contributed by atoms with van der Waals surface area (Å²) < 4.78 is 11.1. The number of halogens is 1. The SMILES string of the molecule is C1COCCN1.O=C(O)c1cnc(N2CCOCC2)nc1-c1ccccc1Br. The number of benzene rings is 1. The summed E-state index contributed by atoms with van der Waals surface area (Å²) in [6.07, 6.45) is 1.37. The maximum Gasteiger partial charge on any atom is 0.339 e. The van der Waals surface area contributed by atoms with Crippen LogP contribution in [0.4, 0.5) is 5.95 Å². The molecule has 0 atom stereocenters. The molecule has 1 aromatic heterocycles. The molecule has 2 fully saturated rings. The Morgan fingerprint density at radius 1 is 1.11 bits per heavy atom. The van der Waals surface area contributed by atoms with Gasteiger partial charge in [-0.1, -0.05) is 34.1 Å². The van der Waals surface area contributed by atoms with Crippen molar-refractivity contribution in [2.45, 2.75) is 0 Å². The summed E-state index contributed by atoms with van der Waals surface area (Å²) in [6, 6.07) is 7.42. The van der Waals surface area contributed by atoms with Crippen molar-refractivity contribution >= 4 is 27.8 Å². The molecule has 2 aromatic rings. The van der Waals surface area contributed by atoms with E-state index in [2.05, 4.69) is 31.2 Å². The van der Waals surface area contributed by atoms with E-state index in [4.69, 9.17) is 9.47 Å². The maximum atomic E-state index is 11.5. The number of anilines is 1. The molecule has 4 rings (SSSR count). The Hall–Kier alpha value is -2.07. The average Bonchev–Trinajstić information content (AvgIpc) is 2.76. The van der Waals surface area contributed by atoms with Crippen LogP contribution in [0, 0.1) is 0 Å². The Morgan fingerprint density at radius 2 is 1.79 bits per heavy atom. The van der Waals surface area contributed by atoms with Gasteiger partial charge in [0.1, 0.15) is 5.56 Å². The second kappa shape index (κ2) is 10.5. The van der Waals surface area contributed by atoms with Crippen molar-refractivity contribution in [3.05, 3.63) is 40.5 Å². The predicted molar refractivity (Wildman–Crippen MR) is 109 cm³/mol. The molecule has 28 heavy (non-hydrogen) atoms. The zero-order valence-electron chi connectivity index (χ0n) is 15.4. The van der Waals surface area contributed by atoms with Crippen LogP contribution >= 0.6 is 15.9 Å². The molecule has 0 saturated carbocycles. The second-order valence-corrected chi connectivity index (χ2v) is 7.03. The van der Waals surface area contributed by atoms with Gasteiger partial charge in [-0.05, 0) is 6.07 Å². The fraction of sp³-hybridized carbons (Fsp3) is 0.421. The van der Waals surface area contributed by atoms with Gasteiger partial charge in [-0.3, -0.25) is 0 Å². The number of nitrogens with one attached hydrogen (secondary N) is 1. The average molecular weight is 451 g/mol. The van der Waals surface area contributed by atoms with E-state index in [1.54, 1.807) is 0 Å². The summed E-state index contributed by atoms with van der Waals surface area (Å²) >= 11 is 3.45. The third-order valence-corrected chi connectivity index (χ3v) is 4.97. The molecule has 0 amide bonds. The normalized spacial score (nSPS) is 16.8. The zero-order valence-corrected chi connectivity index (χ0v) is 17.0. The quantitative estimate of drug-likeness (QED) is 0.732. The van der Waals surface area contributed by atoms with Crippen molar-refractivity contribution in [1.82, 2.24) is 15.3 Å². The van der Waals surface area contributed by atoms with E-state index in [1.165, 1.54) is 6.20 Å². The molecule has 0 radical (unpaired) electrons. The molecule has 3 heterocycles. The van der Waals surface area contributed by atoms with Crippen LogP contribution in [0.5, 0.6) is 0 Å². The molecule has 2 aliphatic heterocycles. The van der Waals surface area contributed by atoms with Crippen molar-refractivity contribution in [3.8, 4) is 11.3 Å². The minimum atomic E-state index is -1.04. The van der Waals surface area contributed by atoms with Crippen LogP contribution in [0.1, 0.15) is 10.4 Å². The lowest BCUT2D eigenvalue weighted by Crippen LogP contribution is -2.37. The van der Waals surface area contributed by atoms with Crippen molar-refractivity contribution in [2.75, 3.05) is 57.5 Å². The first-order valence-electron chi connectivity index (χ1n) is 9.13. The minimum absolute atomic E-state index is 0.0870. The predicted octanol–water partition coefficient (Wildman–Crippen LogP) is 2.05. The molecular weight excluding hydrogens is 428 g/mol. The van der Waals surface area contributed by atoms with E-state index in [0.29, 0.717) is 37.9 Å². The number of aromatic nitrogens is 2. The summed E-state index contributed by atoms with van der Waals surface area (Å²) in [4.78, 5) is 22.2. The molecule has 2 aliphatic rings. The van der Waals surface area contributed by atoms with Gasteiger partial charge in [0.15, 0.2) is 0 Å². The van der Waals surface area contributed by atoms with Gasteiger partial charge < -0.3 is 24.8 Å². The Morgan fingerprint density at radius 3 is 2.36 bits per heavy atom. The van der Waals surface area contributed by atoms with Gasteiger partial charge in [0.25, 0.3) is 0 Å². The fourth-order valence-corrected chi connectivity index (χ4v) is 3.29.